The number of esters is 1. The number of likely N-dealkylation sites (tertiary alicyclic amines) is 1. The Bertz CT molecular complexity index is 355. The fourth-order valence-corrected chi connectivity index (χ4v) is 2.54. The van der Waals surface area contributed by atoms with Gasteiger partial charge in [-0.15, -0.1) is 0 Å². The molecule has 1 N–H and O–H groups in total. The molecule has 0 unspecified atom stereocenters. The van der Waals surface area contributed by atoms with Crippen LogP contribution in [0, 0.1) is 5.92 Å². The van der Waals surface area contributed by atoms with Crippen LogP contribution in [0.1, 0.15) is 26.2 Å². The standard InChI is InChI=1S/C16H31N3O4/c1-4-23-15(20)14-6-9-19(10-7-14)16(17-2)18-8-5-11-22-13-12-21-3/h14H,4-13H2,1-3H3,(H,17,18). The Labute approximate surface area is 139 Å². The molecule has 1 rings (SSSR count). The van der Waals surface area contributed by atoms with Crippen molar-refractivity contribution in [1.29, 1.82) is 0 Å². The van der Waals surface area contributed by atoms with Crippen LogP contribution in [-0.2, 0) is 19.0 Å². The lowest BCUT2D eigenvalue weighted by Crippen LogP contribution is -2.47. The van der Waals surface area contributed by atoms with Crippen LogP contribution in [-0.4, -0.2) is 77.0 Å². The first-order valence-electron chi connectivity index (χ1n) is 8.41. The van der Waals surface area contributed by atoms with Gasteiger partial charge in [-0.3, -0.25) is 9.79 Å². The first kappa shape index (κ1) is 19.7. The van der Waals surface area contributed by atoms with Crippen molar-refractivity contribution in [1.82, 2.24) is 10.2 Å². The van der Waals surface area contributed by atoms with Gasteiger partial charge in [0.15, 0.2) is 5.96 Å². The molecule has 1 saturated heterocycles. The largest absolute Gasteiger partial charge is 0.466 e. The molecule has 134 valence electrons. The molecule has 0 saturated carbocycles. The molecule has 7 heteroatoms. The molecule has 0 amide bonds. The Kier molecular flexibility index (Phi) is 10.4. The average molecular weight is 329 g/mol. The van der Waals surface area contributed by atoms with E-state index in [0.717, 1.165) is 44.9 Å². The fraction of sp³-hybridized carbons (Fsp3) is 0.875. The minimum Gasteiger partial charge on any atom is -0.466 e. The van der Waals surface area contributed by atoms with Crippen molar-refractivity contribution in [3.8, 4) is 0 Å². The third-order valence-corrected chi connectivity index (χ3v) is 3.81. The number of carbonyl (C=O) groups excluding carboxylic acids is 1. The number of nitrogens with one attached hydrogen (secondary N) is 1. The second-order valence-corrected chi connectivity index (χ2v) is 5.45. The molecule has 0 bridgehead atoms. The van der Waals surface area contributed by atoms with E-state index in [4.69, 9.17) is 14.2 Å². The van der Waals surface area contributed by atoms with E-state index in [1.807, 2.05) is 6.92 Å². The highest BCUT2D eigenvalue weighted by Gasteiger charge is 2.27. The number of carbonyl (C=O) groups is 1. The predicted molar refractivity (Wildman–Crippen MR) is 89.6 cm³/mol. The van der Waals surface area contributed by atoms with Gasteiger partial charge in [0.25, 0.3) is 0 Å². The number of methoxy groups -OCH3 is 1. The third-order valence-electron chi connectivity index (χ3n) is 3.81. The zero-order valence-electron chi connectivity index (χ0n) is 14.7. The maximum atomic E-state index is 11.8. The summed E-state index contributed by atoms with van der Waals surface area (Å²) in [6.45, 7) is 6.74. The van der Waals surface area contributed by atoms with Crippen molar-refractivity contribution in [3.63, 3.8) is 0 Å². The van der Waals surface area contributed by atoms with Crippen molar-refractivity contribution in [3.05, 3.63) is 0 Å². The minimum absolute atomic E-state index is 0.0264. The number of piperidine rings is 1. The Balaban J connectivity index is 2.20. The monoisotopic (exact) mass is 329 g/mol. The smallest absolute Gasteiger partial charge is 0.309 e. The van der Waals surface area contributed by atoms with Gasteiger partial charge in [0.2, 0.25) is 0 Å². The van der Waals surface area contributed by atoms with Crippen LogP contribution in [0.15, 0.2) is 4.99 Å². The molecule has 7 nitrogen and oxygen atoms in total. The van der Waals surface area contributed by atoms with Crippen molar-refractivity contribution in [2.75, 3.05) is 60.2 Å². The predicted octanol–water partition coefficient (Wildman–Crippen LogP) is 0.890. The molecule has 1 heterocycles. The van der Waals surface area contributed by atoms with Gasteiger partial charge in [-0.1, -0.05) is 0 Å². The number of nitrogens with zero attached hydrogens (tertiary/aromatic N) is 2. The first-order valence-corrected chi connectivity index (χ1v) is 8.41. The van der Waals surface area contributed by atoms with Gasteiger partial charge < -0.3 is 24.4 Å². The Hall–Kier alpha value is -1.34. The van der Waals surface area contributed by atoms with Gasteiger partial charge in [0.1, 0.15) is 0 Å². The molecule has 0 spiro atoms. The summed E-state index contributed by atoms with van der Waals surface area (Å²) in [5.41, 5.74) is 0. The van der Waals surface area contributed by atoms with Gasteiger partial charge in [-0.2, -0.15) is 0 Å². The number of aliphatic imine (C=N–C) groups is 1. The highest BCUT2D eigenvalue weighted by atomic mass is 16.5. The van der Waals surface area contributed by atoms with E-state index >= 15 is 0 Å². The normalized spacial score (nSPS) is 16.5. The molecule has 1 aliphatic rings. The van der Waals surface area contributed by atoms with Crippen LogP contribution in [0.25, 0.3) is 0 Å². The molecule has 1 fully saturated rings. The van der Waals surface area contributed by atoms with E-state index in [1.165, 1.54) is 0 Å². The Morgan fingerprint density at radius 3 is 2.61 bits per heavy atom. The lowest BCUT2D eigenvalue weighted by molar-refractivity contribution is -0.149. The van der Waals surface area contributed by atoms with Gasteiger partial charge in [-0.25, -0.2) is 0 Å². The lowest BCUT2D eigenvalue weighted by atomic mass is 9.97. The summed E-state index contributed by atoms with van der Waals surface area (Å²) < 4.78 is 15.5. The van der Waals surface area contributed by atoms with Gasteiger partial charge in [0.05, 0.1) is 25.7 Å². The molecule has 0 radical (unpaired) electrons. The third kappa shape index (κ3) is 7.65. The number of hydrogen-bond acceptors (Lipinski definition) is 5. The van der Waals surface area contributed by atoms with Crippen molar-refractivity contribution < 1.29 is 19.0 Å². The molecular weight excluding hydrogens is 298 g/mol. The average Bonchev–Trinajstić information content (AvgIpc) is 2.58. The summed E-state index contributed by atoms with van der Waals surface area (Å²) >= 11 is 0. The van der Waals surface area contributed by atoms with Crippen LogP contribution in [0.5, 0.6) is 0 Å². The lowest BCUT2D eigenvalue weighted by Gasteiger charge is -2.33. The zero-order chi connectivity index (χ0) is 16.9. The van der Waals surface area contributed by atoms with Crippen LogP contribution >= 0.6 is 0 Å². The molecule has 0 atom stereocenters. The summed E-state index contributed by atoms with van der Waals surface area (Å²) in [7, 11) is 3.45. The molecule has 0 aromatic carbocycles. The number of rotatable bonds is 9. The maximum absolute atomic E-state index is 11.8. The van der Waals surface area contributed by atoms with Crippen LogP contribution in [0.2, 0.25) is 0 Å². The van der Waals surface area contributed by atoms with Crippen molar-refractivity contribution >= 4 is 11.9 Å². The Morgan fingerprint density at radius 2 is 2.00 bits per heavy atom. The molecule has 1 aliphatic heterocycles. The van der Waals surface area contributed by atoms with E-state index < -0.39 is 0 Å². The van der Waals surface area contributed by atoms with Crippen LogP contribution in [0.4, 0.5) is 0 Å². The number of hydrogen-bond donors (Lipinski definition) is 1. The number of ether oxygens (including phenoxy) is 3. The summed E-state index contributed by atoms with van der Waals surface area (Å²) in [5, 5.41) is 3.35. The quantitative estimate of drug-likeness (QED) is 0.293. The van der Waals surface area contributed by atoms with Crippen molar-refractivity contribution in [2.45, 2.75) is 26.2 Å². The highest BCUT2D eigenvalue weighted by Crippen LogP contribution is 2.18. The second kappa shape index (κ2) is 12.1. The number of guanidine groups is 1. The van der Waals surface area contributed by atoms with Gasteiger partial charge in [0, 0.05) is 40.4 Å². The summed E-state index contributed by atoms with van der Waals surface area (Å²) in [4.78, 5) is 18.3. The summed E-state index contributed by atoms with van der Waals surface area (Å²) in [5.74, 6) is 0.853. The fourth-order valence-electron chi connectivity index (χ4n) is 2.54. The first-order chi connectivity index (χ1) is 11.2. The van der Waals surface area contributed by atoms with Crippen LogP contribution < -0.4 is 5.32 Å². The second-order valence-electron chi connectivity index (χ2n) is 5.45. The summed E-state index contributed by atoms with van der Waals surface area (Å²) in [6.07, 6.45) is 2.56. The van der Waals surface area contributed by atoms with Gasteiger partial charge >= 0.3 is 5.97 Å². The van der Waals surface area contributed by atoms with E-state index in [-0.39, 0.29) is 11.9 Å². The van der Waals surface area contributed by atoms with Gasteiger partial charge in [-0.05, 0) is 26.2 Å². The zero-order valence-corrected chi connectivity index (χ0v) is 14.7. The van der Waals surface area contributed by atoms with E-state index in [9.17, 15) is 4.79 Å². The molecule has 0 aromatic heterocycles. The molecule has 0 aliphatic carbocycles. The minimum atomic E-state index is -0.0664. The Morgan fingerprint density at radius 1 is 1.26 bits per heavy atom. The summed E-state index contributed by atoms with van der Waals surface area (Å²) in [6, 6.07) is 0. The molecular formula is C16H31N3O4. The van der Waals surface area contributed by atoms with E-state index in [0.29, 0.717) is 26.4 Å². The highest BCUT2D eigenvalue weighted by molar-refractivity contribution is 5.80. The van der Waals surface area contributed by atoms with E-state index in [1.54, 1.807) is 14.2 Å². The van der Waals surface area contributed by atoms with Crippen molar-refractivity contribution in [2.24, 2.45) is 10.9 Å². The van der Waals surface area contributed by atoms with Crippen LogP contribution in [0.3, 0.4) is 0 Å². The topological polar surface area (TPSA) is 72.4 Å². The molecule has 0 aromatic rings. The maximum Gasteiger partial charge on any atom is 0.309 e. The van der Waals surface area contributed by atoms with E-state index in [2.05, 4.69) is 15.2 Å². The SMILES string of the molecule is CCOC(=O)C1CCN(C(=NC)NCCCOCCOC)CC1. The molecule has 23 heavy (non-hydrogen) atoms.